The van der Waals surface area contributed by atoms with Crippen LogP contribution in [0.2, 0.25) is 0 Å². The molecular weight excluding hydrogens is 392 g/mol. The number of hydrogen-bond donors (Lipinski definition) is 1. The van der Waals surface area contributed by atoms with E-state index in [-0.39, 0.29) is 11.7 Å². The largest absolute Gasteiger partial charge is 0.342 e. The fourth-order valence-electron chi connectivity index (χ4n) is 3.77. The highest BCUT2D eigenvalue weighted by Crippen LogP contribution is 2.33. The number of hydrogen-bond acceptors (Lipinski definition) is 3. The number of rotatable bonds is 3. The first-order chi connectivity index (χ1) is 14.5. The van der Waals surface area contributed by atoms with Crippen molar-refractivity contribution in [2.45, 2.75) is 20.4 Å². The minimum Gasteiger partial charge on any atom is -0.342 e. The monoisotopic (exact) mass is 412 g/mol. The lowest BCUT2D eigenvalue weighted by atomic mass is 10.1. The Morgan fingerprint density at radius 2 is 1.87 bits per heavy atom. The molecule has 0 aliphatic carbocycles. The van der Waals surface area contributed by atoms with E-state index in [1.807, 2.05) is 25.3 Å². The molecule has 1 amide bonds. The smallest absolute Gasteiger partial charge is 0.283 e. The first kappa shape index (κ1) is 18.6. The number of nitrogens with zero attached hydrogens (tertiary/aromatic N) is 3. The van der Waals surface area contributed by atoms with Gasteiger partial charge in [-0.1, -0.05) is 59.8 Å². The van der Waals surface area contributed by atoms with Crippen LogP contribution < -0.4 is 0 Å². The molecule has 2 aromatic carbocycles. The quantitative estimate of drug-likeness (QED) is 0.604. The Hall–Kier alpha value is -3.38. The third-order valence-electron chi connectivity index (χ3n) is 5.29. The second-order valence-electron chi connectivity index (χ2n) is 7.53. The normalized spacial score (nSPS) is 17.5. The highest BCUT2D eigenvalue weighted by Gasteiger charge is 2.33. The SMILES string of the molecule is CC1=CN2C(=N)/C(=C/c3cn(Cc4ccc(C)cc4)c4ccccc34)C(=O)N=C2S1. The predicted octanol–water partition coefficient (Wildman–Crippen LogP) is 5.16. The van der Waals surface area contributed by atoms with E-state index in [2.05, 4.69) is 59.1 Å². The number of aliphatic imine (C=N–C) groups is 1. The van der Waals surface area contributed by atoms with Crippen molar-refractivity contribution in [2.24, 2.45) is 4.99 Å². The number of aromatic nitrogens is 1. The zero-order chi connectivity index (χ0) is 20.8. The van der Waals surface area contributed by atoms with Gasteiger partial charge >= 0.3 is 0 Å². The van der Waals surface area contributed by atoms with Crippen LogP contribution in [0, 0.1) is 12.3 Å². The second-order valence-corrected chi connectivity index (χ2v) is 8.75. The van der Waals surface area contributed by atoms with Crippen LogP contribution in [0.5, 0.6) is 0 Å². The third kappa shape index (κ3) is 3.19. The second kappa shape index (κ2) is 7.15. The third-order valence-corrected chi connectivity index (χ3v) is 6.18. The maximum absolute atomic E-state index is 12.7. The van der Waals surface area contributed by atoms with Gasteiger partial charge in [0, 0.05) is 40.3 Å². The van der Waals surface area contributed by atoms with E-state index >= 15 is 0 Å². The zero-order valence-corrected chi connectivity index (χ0v) is 17.5. The van der Waals surface area contributed by atoms with Crippen molar-refractivity contribution in [3.05, 3.63) is 88.1 Å². The predicted molar refractivity (Wildman–Crippen MR) is 124 cm³/mol. The number of carbonyl (C=O) groups is 1. The van der Waals surface area contributed by atoms with E-state index in [0.717, 1.165) is 27.9 Å². The van der Waals surface area contributed by atoms with Crippen molar-refractivity contribution < 1.29 is 4.79 Å². The molecular formula is C24H20N4OS. The van der Waals surface area contributed by atoms with E-state index in [0.29, 0.717) is 10.7 Å². The molecule has 30 heavy (non-hydrogen) atoms. The van der Waals surface area contributed by atoms with Crippen LogP contribution >= 0.6 is 11.8 Å². The Morgan fingerprint density at radius 1 is 1.10 bits per heavy atom. The molecule has 3 heterocycles. The summed E-state index contributed by atoms with van der Waals surface area (Å²) < 4.78 is 2.19. The van der Waals surface area contributed by atoms with Crippen molar-refractivity contribution in [3.8, 4) is 0 Å². The van der Waals surface area contributed by atoms with Crippen molar-refractivity contribution in [1.82, 2.24) is 9.47 Å². The summed E-state index contributed by atoms with van der Waals surface area (Å²) in [7, 11) is 0. The van der Waals surface area contributed by atoms with E-state index in [1.165, 1.54) is 22.9 Å². The molecule has 0 unspecified atom stereocenters. The molecule has 2 aliphatic rings. The number of aryl methyl sites for hydroxylation is 1. The van der Waals surface area contributed by atoms with Crippen LogP contribution in [-0.2, 0) is 11.3 Å². The lowest BCUT2D eigenvalue weighted by molar-refractivity contribution is -0.114. The number of nitrogens with one attached hydrogen (secondary N) is 1. The van der Waals surface area contributed by atoms with Gasteiger partial charge in [-0.3, -0.25) is 15.1 Å². The molecule has 1 N–H and O–H groups in total. The molecule has 0 saturated carbocycles. The maximum atomic E-state index is 12.7. The Kier molecular flexibility index (Phi) is 4.44. The van der Waals surface area contributed by atoms with Gasteiger partial charge in [0.2, 0.25) is 0 Å². The molecule has 0 fully saturated rings. The van der Waals surface area contributed by atoms with Gasteiger partial charge in [-0.05, 0) is 31.6 Å². The number of amidine groups is 2. The van der Waals surface area contributed by atoms with Crippen molar-refractivity contribution in [1.29, 1.82) is 5.41 Å². The molecule has 148 valence electrons. The first-order valence-electron chi connectivity index (χ1n) is 9.72. The topological polar surface area (TPSA) is 61.5 Å². The zero-order valence-electron chi connectivity index (χ0n) is 16.7. The molecule has 1 aromatic heterocycles. The average Bonchev–Trinajstić information content (AvgIpc) is 3.27. The molecule has 0 bridgehead atoms. The molecule has 3 aromatic rings. The number of fused-ring (bicyclic) bond motifs is 2. The van der Waals surface area contributed by atoms with E-state index < -0.39 is 0 Å². The number of benzene rings is 2. The fourth-order valence-corrected chi connectivity index (χ4v) is 4.59. The highest BCUT2D eigenvalue weighted by atomic mass is 32.2. The molecule has 0 spiro atoms. The summed E-state index contributed by atoms with van der Waals surface area (Å²) in [6.07, 6.45) is 5.70. The first-order valence-corrected chi connectivity index (χ1v) is 10.5. The average molecular weight is 413 g/mol. The Labute approximate surface area is 178 Å². The van der Waals surface area contributed by atoms with Gasteiger partial charge in [0.25, 0.3) is 5.91 Å². The van der Waals surface area contributed by atoms with Gasteiger partial charge in [0.05, 0.1) is 5.57 Å². The van der Waals surface area contributed by atoms with Gasteiger partial charge in [-0.25, -0.2) is 0 Å². The lowest BCUT2D eigenvalue weighted by Crippen LogP contribution is -2.35. The molecule has 0 atom stereocenters. The van der Waals surface area contributed by atoms with Crippen molar-refractivity contribution in [2.75, 3.05) is 0 Å². The molecule has 2 aliphatic heterocycles. The molecule has 5 nitrogen and oxygen atoms in total. The summed E-state index contributed by atoms with van der Waals surface area (Å²) in [6, 6.07) is 16.7. The van der Waals surface area contributed by atoms with Gasteiger partial charge in [-0.2, -0.15) is 4.99 Å². The van der Waals surface area contributed by atoms with E-state index in [4.69, 9.17) is 5.41 Å². The van der Waals surface area contributed by atoms with Gasteiger partial charge < -0.3 is 4.57 Å². The van der Waals surface area contributed by atoms with E-state index in [1.54, 1.807) is 11.0 Å². The molecule has 0 radical (unpaired) electrons. The number of allylic oxidation sites excluding steroid dienone is 1. The van der Waals surface area contributed by atoms with E-state index in [9.17, 15) is 4.79 Å². The Morgan fingerprint density at radius 3 is 2.67 bits per heavy atom. The number of carbonyl (C=O) groups excluding carboxylic acids is 1. The van der Waals surface area contributed by atoms with Crippen LogP contribution in [0.3, 0.4) is 0 Å². The Balaban J connectivity index is 1.57. The Bertz CT molecular complexity index is 1290. The fraction of sp³-hybridized carbons (Fsp3) is 0.125. The van der Waals surface area contributed by atoms with Crippen molar-refractivity contribution in [3.63, 3.8) is 0 Å². The molecule has 0 saturated heterocycles. The van der Waals surface area contributed by atoms with Crippen LogP contribution in [0.25, 0.3) is 17.0 Å². The summed E-state index contributed by atoms with van der Waals surface area (Å²) in [4.78, 5) is 19.5. The summed E-state index contributed by atoms with van der Waals surface area (Å²) in [5.41, 5.74) is 4.77. The molecule has 5 rings (SSSR count). The molecule has 6 heteroatoms. The standard InChI is InChI=1S/C24H20N4OS/c1-15-7-9-17(10-8-15)13-27-14-18(19-5-3-4-6-21(19)27)11-20-22(25)28-12-16(2)30-24(28)26-23(20)29/h3-12,14,25H,13H2,1-2H3/b20-11-,25-22?. The van der Waals surface area contributed by atoms with Crippen molar-refractivity contribution >= 4 is 45.7 Å². The van der Waals surface area contributed by atoms with Crippen LogP contribution in [0.1, 0.15) is 23.6 Å². The van der Waals surface area contributed by atoms with Crippen LogP contribution in [0.4, 0.5) is 0 Å². The van der Waals surface area contributed by atoms with Gasteiger partial charge in [-0.15, -0.1) is 0 Å². The van der Waals surface area contributed by atoms with Crippen LogP contribution in [-0.4, -0.2) is 26.4 Å². The number of thioether (sulfide) groups is 1. The lowest BCUT2D eigenvalue weighted by Gasteiger charge is -2.22. The minimum absolute atomic E-state index is 0.171. The maximum Gasteiger partial charge on any atom is 0.283 e. The summed E-state index contributed by atoms with van der Waals surface area (Å²) in [5, 5.41) is 10.2. The minimum atomic E-state index is -0.364. The summed E-state index contributed by atoms with van der Waals surface area (Å²) in [5.74, 6) is -0.193. The van der Waals surface area contributed by atoms with Crippen LogP contribution in [0.15, 0.2) is 76.4 Å². The summed E-state index contributed by atoms with van der Waals surface area (Å²) in [6.45, 7) is 4.77. The number of para-hydroxylation sites is 1. The highest BCUT2D eigenvalue weighted by molar-refractivity contribution is 8.17. The van der Waals surface area contributed by atoms with Gasteiger partial charge in [0.15, 0.2) is 5.17 Å². The number of amides is 1. The summed E-state index contributed by atoms with van der Waals surface area (Å²) >= 11 is 1.42. The van der Waals surface area contributed by atoms with Gasteiger partial charge in [0.1, 0.15) is 5.84 Å².